The maximum atomic E-state index is 12.5. The minimum atomic E-state index is -0.212. The van der Waals surface area contributed by atoms with Crippen LogP contribution < -0.4 is 5.32 Å². The van der Waals surface area contributed by atoms with Crippen LogP contribution in [0.4, 0.5) is 5.13 Å². The summed E-state index contributed by atoms with van der Waals surface area (Å²) >= 11 is 1.12. The number of carbonyl (C=O) groups excluding carboxylic acids is 1. The lowest BCUT2D eigenvalue weighted by atomic mass is 10.1. The van der Waals surface area contributed by atoms with E-state index >= 15 is 0 Å². The van der Waals surface area contributed by atoms with Gasteiger partial charge in [0.05, 0.1) is 11.4 Å². The fraction of sp³-hybridized carbons (Fsp3) is 0.227. The molecule has 2 aromatic carbocycles. The molecule has 30 heavy (non-hydrogen) atoms. The van der Waals surface area contributed by atoms with Crippen LogP contribution in [-0.2, 0) is 0 Å². The summed E-state index contributed by atoms with van der Waals surface area (Å²) < 4.78 is 6.17. The van der Waals surface area contributed by atoms with E-state index in [-0.39, 0.29) is 5.91 Å². The van der Waals surface area contributed by atoms with Crippen LogP contribution in [0, 0.1) is 34.6 Å². The van der Waals surface area contributed by atoms with E-state index in [2.05, 4.69) is 44.9 Å². The van der Waals surface area contributed by atoms with E-state index in [9.17, 15) is 4.79 Å². The van der Waals surface area contributed by atoms with Crippen LogP contribution >= 0.6 is 11.5 Å². The molecule has 1 amide bonds. The highest BCUT2D eigenvalue weighted by Crippen LogP contribution is 2.26. The van der Waals surface area contributed by atoms with E-state index in [0.717, 1.165) is 39.6 Å². The molecule has 2 heterocycles. The fourth-order valence-corrected chi connectivity index (χ4v) is 3.72. The third-order valence-corrected chi connectivity index (χ3v) is 5.96. The molecule has 4 aromatic rings. The monoisotopic (exact) mass is 418 g/mol. The van der Waals surface area contributed by atoms with Crippen molar-refractivity contribution in [2.24, 2.45) is 0 Å². The van der Waals surface area contributed by atoms with Crippen molar-refractivity contribution in [1.82, 2.24) is 24.4 Å². The molecule has 0 atom stereocenters. The van der Waals surface area contributed by atoms with E-state index < -0.39 is 0 Å². The maximum absolute atomic E-state index is 12.5. The van der Waals surface area contributed by atoms with Gasteiger partial charge in [-0.05, 0) is 75.1 Å². The van der Waals surface area contributed by atoms with E-state index in [1.54, 1.807) is 10.7 Å². The summed E-state index contributed by atoms with van der Waals surface area (Å²) in [5.74, 6) is 0.237. The molecule has 1 N–H and O–H groups in total. The van der Waals surface area contributed by atoms with Gasteiger partial charge in [0.25, 0.3) is 5.91 Å². The van der Waals surface area contributed by atoms with Crippen LogP contribution in [0.1, 0.15) is 38.3 Å². The number of nitrogens with zero attached hydrogens (tertiary/aromatic N) is 5. The van der Waals surface area contributed by atoms with Gasteiger partial charge in [-0.3, -0.25) is 10.1 Å². The Labute approximate surface area is 179 Å². The minimum Gasteiger partial charge on any atom is -0.297 e. The molecular formula is C22H22N6OS. The van der Waals surface area contributed by atoms with Crippen LogP contribution in [0.5, 0.6) is 0 Å². The van der Waals surface area contributed by atoms with Crippen molar-refractivity contribution in [3.05, 3.63) is 69.9 Å². The number of carbonyl (C=O) groups is 1. The van der Waals surface area contributed by atoms with Gasteiger partial charge >= 0.3 is 0 Å². The van der Waals surface area contributed by atoms with Gasteiger partial charge in [0.1, 0.15) is 0 Å². The summed E-state index contributed by atoms with van der Waals surface area (Å²) in [5.41, 5.74) is 7.55. The molecule has 2 aromatic heterocycles. The standard InChI is InChI=1S/C22H22N6OS/c1-12-9-10-17(11-14(12)3)21(29)24-22-23-20(26-30-22)19-16(5)28(27-25-19)18-8-6-7-13(2)15(18)4/h6-11H,1-5H3,(H,23,24,26,29). The molecule has 4 rings (SSSR count). The highest BCUT2D eigenvalue weighted by atomic mass is 32.1. The van der Waals surface area contributed by atoms with Crippen LogP contribution in [-0.4, -0.2) is 30.3 Å². The van der Waals surface area contributed by atoms with Crippen molar-refractivity contribution in [2.75, 3.05) is 5.32 Å². The van der Waals surface area contributed by atoms with Gasteiger partial charge in [-0.25, -0.2) is 4.68 Å². The Balaban J connectivity index is 1.59. The van der Waals surface area contributed by atoms with Gasteiger partial charge < -0.3 is 0 Å². The molecular weight excluding hydrogens is 396 g/mol. The lowest BCUT2D eigenvalue weighted by Crippen LogP contribution is -2.12. The summed E-state index contributed by atoms with van der Waals surface area (Å²) in [5, 5.41) is 11.8. The lowest BCUT2D eigenvalue weighted by Gasteiger charge is -2.09. The largest absolute Gasteiger partial charge is 0.297 e. The molecule has 152 valence electrons. The number of nitrogens with one attached hydrogen (secondary N) is 1. The van der Waals surface area contributed by atoms with Crippen molar-refractivity contribution < 1.29 is 4.79 Å². The summed E-state index contributed by atoms with van der Waals surface area (Å²) in [4.78, 5) is 17.0. The quantitative estimate of drug-likeness (QED) is 0.524. The van der Waals surface area contributed by atoms with E-state index in [1.165, 1.54) is 5.56 Å². The first-order chi connectivity index (χ1) is 14.3. The van der Waals surface area contributed by atoms with Gasteiger partial charge in [-0.2, -0.15) is 9.36 Å². The minimum absolute atomic E-state index is 0.212. The number of aromatic nitrogens is 5. The summed E-state index contributed by atoms with van der Waals surface area (Å²) in [7, 11) is 0. The van der Waals surface area contributed by atoms with Gasteiger partial charge in [0.15, 0.2) is 11.5 Å². The number of hydrogen-bond donors (Lipinski definition) is 1. The Hall–Kier alpha value is -3.39. The Bertz CT molecular complexity index is 1260. The Morgan fingerprint density at radius 2 is 1.80 bits per heavy atom. The third-order valence-electron chi connectivity index (χ3n) is 5.33. The predicted molar refractivity (Wildman–Crippen MR) is 118 cm³/mol. The molecule has 0 aliphatic rings. The number of rotatable bonds is 4. The molecule has 7 nitrogen and oxygen atoms in total. The van der Waals surface area contributed by atoms with E-state index in [4.69, 9.17) is 0 Å². The number of benzene rings is 2. The number of amides is 1. The average molecular weight is 419 g/mol. The van der Waals surface area contributed by atoms with Crippen LogP contribution in [0.25, 0.3) is 17.2 Å². The third kappa shape index (κ3) is 3.61. The SMILES string of the molecule is Cc1ccc(C(=O)Nc2nc(-c3nnn(-c4cccc(C)c4C)c3C)ns2)cc1C. The number of hydrogen-bond acceptors (Lipinski definition) is 6. The van der Waals surface area contributed by atoms with Gasteiger partial charge in [0, 0.05) is 17.1 Å². The molecule has 0 saturated heterocycles. The Kier molecular flexibility index (Phi) is 5.17. The highest BCUT2D eigenvalue weighted by molar-refractivity contribution is 7.10. The first-order valence-electron chi connectivity index (χ1n) is 9.56. The Morgan fingerprint density at radius 1 is 1.00 bits per heavy atom. The smallest absolute Gasteiger partial charge is 0.257 e. The molecule has 0 saturated carbocycles. The summed E-state index contributed by atoms with van der Waals surface area (Å²) in [6, 6.07) is 11.7. The molecule has 0 bridgehead atoms. The number of aryl methyl sites for hydroxylation is 3. The molecule has 0 aliphatic carbocycles. The zero-order valence-electron chi connectivity index (χ0n) is 17.5. The van der Waals surface area contributed by atoms with Crippen LogP contribution in [0.3, 0.4) is 0 Å². The second kappa shape index (κ2) is 7.79. The van der Waals surface area contributed by atoms with Gasteiger partial charge in [-0.15, -0.1) is 5.10 Å². The Morgan fingerprint density at radius 3 is 2.57 bits per heavy atom. The van der Waals surface area contributed by atoms with Crippen molar-refractivity contribution in [1.29, 1.82) is 0 Å². The zero-order valence-corrected chi connectivity index (χ0v) is 18.3. The first-order valence-corrected chi connectivity index (χ1v) is 10.3. The topological polar surface area (TPSA) is 85.6 Å². The fourth-order valence-electron chi connectivity index (χ4n) is 3.15. The maximum Gasteiger partial charge on any atom is 0.257 e. The van der Waals surface area contributed by atoms with Crippen molar-refractivity contribution in [3.8, 4) is 17.2 Å². The lowest BCUT2D eigenvalue weighted by molar-refractivity contribution is 0.102. The van der Waals surface area contributed by atoms with Crippen LogP contribution in [0.15, 0.2) is 36.4 Å². The van der Waals surface area contributed by atoms with Crippen molar-refractivity contribution in [2.45, 2.75) is 34.6 Å². The zero-order chi connectivity index (χ0) is 21.4. The molecule has 0 spiro atoms. The molecule has 0 radical (unpaired) electrons. The molecule has 0 aliphatic heterocycles. The first kappa shape index (κ1) is 19.9. The normalized spacial score (nSPS) is 11.0. The summed E-state index contributed by atoms with van der Waals surface area (Å²) in [6.07, 6.45) is 0. The molecule has 0 unspecified atom stereocenters. The second-order valence-electron chi connectivity index (χ2n) is 7.33. The predicted octanol–water partition coefficient (Wildman–Crippen LogP) is 4.58. The van der Waals surface area contributed by atoms with Crippen molar-refractivity contribution >= 4 is 22.6 Å². The van der Waals surface area contributed by atoms with E-state index in [1.807, 2.05) is 45.0 Å². The number of anilines is 1. The summed E-state index contributed by atoms with van der Waals surface area (Å²) in [6.45, 7) is 10.1. The van der Waals surface area contributed by atoms with Crippen molar-refractivity contribution in [3.63, 3.8) is 0 Å². The van der Waals surface area contributed by atoms with Gasteiger partial charge in [0.2, 0.25) is 5.13 Å². The molecule has 8 heteroatoms. The highest BCUT2D eigenvalue weighted by Gasteiger charge is 2.19. The second-order valence-corrected chi connectivity index (χ2v) is 8.08. The molecule has 0 fully saturated rings. The van der Waals surface area contributed by atoms with Crippen LogP contribution in [0.2, 0.25) is 0 Å². The van der Waals surface area contributed by atoms with E-state index in [0.29, 0.717) is 22.2 Å². The average Bonchev–Trinajstić information content (AvgIpc) is 3.32. The van der Waals surface area contributed by atoms with Gasteiger partial charge in [-0.1, -0.05) is 23.4 Å².